The Morgan fingerprint density at radius 3 is 2.44 bits per heavy atom. The van der Waals surface area contributed by atoms with E-state index in [1.165, 1.54) is 0 Å². The first-order chi connectivity index (χ1) is 8.83. The van der Waals surface area contributed by atoms with Gasteiger partial charge in [0.25, 0.3) is 0 Å². The minimum absolute atomic E-state index is 0.0754. The summed E-state index contributed by atoms with van der Waals surface area (Å²) in [4.78, 5) is 0. The second-order valence-corrected chi connectivity index (χ2v) is 4.23. The van der Waals surface area contributed by atoms with E-state index in [4.69, 9.17) is 9.84 Å². The Hall–Kier alpha value is -1.80. The van der Waals surface area contributed by atoms with Gasteiger partial charge in [0.05, 0.1) is 6.61 Å². The van der Waals surface area contributed by atoms with Crippen molar-refractivity contribution in [3.05, 3.63) is 65.2 Å². The normalized spacial score (nSPS) is 10.3. The lowest BCUT2D eigenvalue weighted by Crippen LogP contribution is -1.99. The minimum Gasteiger partial charge on any atom is -0.489 e. The van der Waals surface area contributed by atoms with Crippen LogP contribution in [-0.4, -0.2) is 5.11 Å². The molecule has 0 radical (unpaired) electrons. The second-order valence-electron chi connectivity index (χ2n) is 4.23. The molecule has 0 aliphatic heterocycles. The Morgan fingerprint density at radius 2 is 1.78 bits per heavy atom. The van der Waals surface area contributed by atoms with E-state index in [-0.39, 0.29) is 6.61 Å². The molecule has 1 N–H and O–H groups in total. The first kappa shape index (κ1) is 12.7. The molecule has 0 bridgehead atoms. The lowest BCUT2D eigenvalue weighted by molar-refractivity contribution is 0.280. The van der Waals surface area contributed by atoms with Crippen LogP contribution in [0.4, 0.5) is 0 Å². The van der Waals surface area contributed by atoms with Crippen LogP contribution < -0.4 is 4.74 Å². The monoisotopic (exact) mass is 242 g/mol. The van der Waals surface area contributed by atoms with Gasteiger partial charge in [-0.3, -0.25) is 0 Å². The summed E-state index contributed by atoms with van der Waals surface area (Å²) in [5.74, 6) is 0.901. The topological polar surface area (TPSA) is 29.5 Å². The molecule has 18 heavy (non-hydrogen) atoms. The van der Waals surface area contributed by atoms with Crippen molar-refractivity contribution >= 4 is 0 Å². The molecule has 0 unspecified atom stereocenters. The Kier molecular flexibility index (Phi) is 4.37. The molecule has 2 aromatic carbocycles. The van der Waals surface area contributed by atoms with Crippen molar-refractivity contribution in [3.8, 4) is 5.75 Å². The molecule has 0 saturated heterocycles. The first-order valence-corrected chi connectivity index (χ1v) is 6.23. The van der Waals surface area contributed by atoms with E-state index in [1.54, 1.807) is 0 Å². The standard InChI is InChI=1S/C16H18O2/c1-2-15-10-14(11-17)8-9-16(15)18-12-13-6-4-3-5-7-13/h3-10,17H,2,11-12H2,1H3. The van der Waals surface area contributed by atoms with Crippen molar-refractivity contribution < 1.29 is 9.84 Å². The first-order valence-electron chi connectivity index (χ1n) is 6.23. The van der Waals surface area contributed by atoms with Gasteiger partial charge in [0.2, 0.25) is 0 Å². The van der Waals surface area contributed by atoms with E-state index in [0.717, 1.165) is 28.9 Å². The highest BCUT2D eigenvalue weighted by Gasteiger charge is 2.03. The summed E-state index contributed by atoms with van der Waals surface area (Å²) in [5.41, 5.74) is 3.22. The van der Waals surface area contributed by atoms with Crippen LogP contribution in [0.2, 0.25) is 0 Å². The predicted octanol–water partition coefficient (Wildman–Crippen LogP) is 3.32. The number of hydrogen-bond acceptors (Lipinski definition) is 2. The Labute approximate surface area is 108 Å². The summed E-state index contributed by atoms with van der Waals surface area (Å²) in [6.45, 7) is 2.74. The van der Waals surface area contributed by atoms with Crippen molar-refractivity contribution in [1.82, 2.24) is 0 Å². The van der Waals surface area contributed by atoms with Crippen LogP contribution >= 0.6 is 0 Å². The average Bonchev–Trinajstić information content (AvgIpc) is 2.46. The second kappa shape index (κ2) is 6.22. The maximum absolute atomic E-state index is 9.12. The fourth-order valence-electron chi connectivity index (χ4n) is 1.88. The molecule has 0 aromatic heterocycles. The molecule has 0 atom stereocenters. The Morgan fingerprint density at radius 1 is 1.00 bits per heavy atom. The average molecular weight is 242 g/mol. The highest BCUT2D eigenvalue weighted by molar-refractivity contribution is 5.37. The number of aliphatic hydroxyl groups is 1. The summed E-state index contributed by atoms with van der Waals surface area (Å²) < 4.78 is 5.83. The van der Waals surface area contributed by atoms with Gasteiger partial charge in [-0.1, -0.05) is 43.3 Å². The van der Waals surface area contributed by atoms with Crippen LogP contribution in [0.5, 0.6) is 5.75 Å². The molecule has 0 heterocycles. The van der Waals surface area contributed by atoms with Crippen molar-refractivity contribution in [2.24, 2.45) is 0 Å². The largest absolute Gasteiger partial charge is 0.489 e. The van der Waals surface area contributed by atoms with E-state index in [0.29, 0.717) is 6.61 Å². The fraction of sp³-hybridized carbons (Fsp3) is 0.250. The van der Waals surface area contributed by atoms with Gasteiger partial charge in [0.1, 0.15) is 12.4 Å². The molecule has 2 rings (SSSR count). The molecule has 0 fully saturated rings. The number of aryl methyl sites for hydroxylation is 1. The summed E-state index contributed by atoms with van der Waals surface area (Å²) in [5, 5.41) is 9.12. The fourth-order valence-corrected chi connectivity index (χ4v) is 1.88. The number of rotatable bonds is 5. The van der Waals surface area contributed by atoms with Gasteiger partial charge in [-0.25, -0.2) is 0 Å². The Balaban J connectivity index is 2.09. The summed E-state index contributed by atoms with van der Waals surface area (Å²) in [7, 11) is 0. The molecule has 2 heteroatoms. The molecule has 0 saturated carbocycles. The minimum atomic E-state index is 0.0754. The van der Waals surface area contributed by atoms with Crippen LogP contribution in [-0.2, 0) is 19.6 Å². The lowest BCUT2D eigenvalue weighted by atomic mass is 10.1. The SMILES string of the molecule is CCc1cc(CO)ccc1OCc1ccccc1. The van der Waals surface area contributed by atoms with Crippen molar-refractivity contribution in [2.75, 3.05) is 0 Å². The summed E-state index contributed by atoms with van der Waals surface area (Å²) in [6.07, 6.45) is 0.901. The maximum atomic E-state index is 9.12. The third-order valence-electron chi connectivity index (χ3n) is 2.93. The van der Waals surface area contributed by atoms with Gasteiger partial charge in [0, 0.05) is 0 Å². The van der Waals surface area contributed by atoms with Gasteiger partial charge >= 0.3 is 0 Å². The van der Waals surface area contributed by atoms with Gasteiger partial charge < -0.3 is 9.84 Å². The third-order valence-corrected chi connectivity index (χ3v) is 2.93. The summed E-state index contributed by atoms with van der Waals surface area (Å²) >= 11 is 0. The van der Waals surface area contributed by atoms with Crippen molar-refractivity contribution in [2.45, 2.75) is 26.6 Å². The molecular weight excluding hydrogens is 224 g/mol. The van der Waals surface area contributed by atoms with E-state index in [2.05, 4.69) is 6.92 Å². The van der Waals surface area contributed by atoms with E-state index in [9.17, 15) is 0 Å². The molecule has 0 aliphatic carbocycles. The lowest BCUT2D eigenvalue weighted by Gasteiger charge is -2.11. The van der Waals surface area contributed by atoms with Crippen LogP contribution in [0.1, 0.15) is 23.6 Å². The zero-order chi connectivity index (χ0) is 12.8. The number of hydrogen-bond donors (Lipinski definition) is 1. The van der Waals surface area contributed by atoms with Crippen LogP contribution in [0.3, 0.4) is 0 Å². The number of ether oxygens (including phenoxy) is 1. The smallest absolute Gasteiger partial charge is 0.123 e. The van der Waals surface area contributed by atoms with E-state index < -0.39 is 0 Å². The quantitative estimate of drug-likeness (QED) is 0.871. The molecule has 94 valence electrons. The molecule has 0 amide bonds. The van der Waals surface area contributed by atoms with Crippen LogP contribution in [0.15, 0.2) is 48.5 Å². The summed E-state index contributed by atoms with van der Waals surface area (Å²) in [6, 6.07) is 16.0. The Bertz CT molecular complexity index is 492. The third kappa shape index (κ3) is 3.11. The molecule has 0 spiro atoms. The van der Waals surface area contributed by atoms with Crippen LogP contribution in [0.25, 0.3) is 0 Å². The zero-order valence-corrected chi connectivity index (χ0v) is 10.6. The van der Waals surface area contributed by atoms with Gasteiger partial charge in [-0.2, -0.15) is 0 Å². The molecular formula is C16H18O2. The van der Waals surface area contributed by atoms with E-state index in [1.807, 2.05) is 48.5 Å². The highest BCUT2D eigenvalue weighted by Crippen LogP contribution is 2.22. The van der Waals surface area contributed by atoms with Gasteiger partial charge in [-0.05, 0) is 35.2 Å². The van der Waals surface area contributed by atoms with Crippen molar-refractivity contribution in [3.63, 3.8) is 0 Å². The van der Waals surface area contributed by atoms with Gasteiger partial charge in [-0.15, -0.1) is 0 Å². The zero-order valence-electron chi connectivity index (χ0n) is 10.6. The van der Waals surface area contributed by atoms with Crippen LogP contribution in [0, 0.1) is 0 Å². The van der Waals surface area contributed by atoms with Crippen molar-refractivity contribution in [1.29, 1.82) is 0 Å². The molecule has 2 aromatic rings. The number of benzene rings is 2. The van der Waals surface area contributed by atoms with Gasteiger partial charge in [0.15, 0.2) is 0 Å². The molecule has 2 nitrogen and oxygen atoms in total. The number of aliphatic hydroxyl groups excluding tert-OH is 1. The highest BCUT2D eigenvalue weighted by atomic mass is 16.5. The maximum Gasteiger partial charge on any atom is 0.123 e. The predicted molar refractivity (Wildman–Crippen MR) is 72.5 cm³/mol. The molecule has 0 aliphatic rings. The van der Waals surface area contributed by atoms with E-state index >= 15 is 0 Å².